The number of nitrogens with zero attached hydrogens (tertiary/aromatic N) is 3. The zero-order chi connectivity index (χ0) is 21.0. The number of rotatable bonds is 7. The average molecular weight is 418 g/mol. The smallest absolute Gasteiger partial charge is 0.239 e. The van der Waals surface area contributed by atoms with E-state index >= 15 is 0 Å². The van der Waals surface area contributed by atoms with E-state index in [9.17, 15) is 8.42 Å². The van der Waals surface area contributed by atoms with E-state index in [1.807, 2.05) is 97.9 Å². The van der Waals surface area contributed by atoms with E-state index in [0.29, 0.717) is 18.8 Å². The summed E-state index contributed by atoms with van der Waals surface area (Å²) in [7, 11) is -3.77. The maximum Gasteiger partial charge on any atom is 0.247 e. The lowest BCUT2D eigenvalue weighted by molar-refractivity contribution is 0.423. The van der Waals surface area contributed by atoms with Crippen molar-refractivity contribution in [1.82, 2.24) is 14.1 Å². The van der Waals surface area contributed by atoms with Crippen molar-refractivity contribution in [3.8, 4) is 16.9 Å². The van der Waals surface area contributed by atoms with E-state index in [0.717, 1.165) is 16.8 Å². The molecular weight excluding hydrogens is 394 g/mol. The molecule has 1 aromatic heterocycles. The van der Waals surface area contributed by atoms with Gasteiger partial charge in [-0.25, -0.2) is 13.1 Å². The first-order chi connectivity index (χ1) is 14.6. The summed E-state index contributed by atoms with van der Waals surface area (Å²) in [5, 5.41) is 4.65. The fourth-order valence-corrected chi connectivity index (χ4v) is 4.92. The largest absolute Gasteiger partial charge is 0.247 e. The van der Waals surface area contributed by atoms with Crippen LogP contribution in [0.15, 0.2) is 102 Å². The van der Waals surface area contributed by atoms with Crippen molar-refractivity contribution in [2.45, 2.75) is 18.4 Å². The molecular formula is C24H23N3O2S. The number of aromatic nitrogens is 2. The summed E-state index contributed by atoms with van der Waals surface area (Å²) < 4.78 is 30.5. The van der Waals surface area contributed by atoms with Crippen molar-refractivity contribution < 1.29 is 8.42 Å². The summed E-state index contributed by atoms with van der Waals surface area (Å²) in [6.45, 7) is 2.52. The van der Waals surface area contributed by atoms with Crippen LogP contribution in [0, 0.1) is 0 Å². The van der Waals surface area contributed by atoms with Gasteiger partial charge in [0.15, 0.2) is 0 Å². The second kappa shape index (κ2) is 8.65. The molecule has 0 unspecified atom stereocenters. The minimum absolute atomic E-state index is 0.204. The molecule has 30 heavy (non-hydrogen) atoms. The van der Waals surface area contributed by atoms with Crippen molar-refractivity contribution >= 4 is 10.0 Å². The van der Waals surface area contributed by atoms with E-state index in [-0.39, 0.29) is 4.90 Å². The Bertz CT molecular complexity index is 1210. The third kappa shape index (κ3) is 4.06. The van der Waals surface area contributed by atoms with E-state index in [1.165, 1.54) is 4.31 Å². The average Bonchev–Trinajstić information content (AvgIpc) is 3.26. The fourth-order valence-electron chi connectivity index (χ4n) is 3.35. The summed E-state index contributed by atoms with van der Waals surface area (Å²) in [6, 6.07) is 28.6. The van der Waals surface area contributed by atoms with Gasteiger partial charge in [0, 0.05) is 18.7 Å². The highest BCUT2D eigenvalue weighted by atomic mass is 32.2. The Hall–Kier alpha value is -3.22. The topological polar surface area (TPSA) is 55.2 Å². The Kier molecular flexibility index (Phi) is 5.79. The Morgan fingerprint density at radius 1 is 0.833 bits per heavy atom. The minimum atomic E-state index is -3.77. The van der Waals surface area contributed by atoms with Crippen LogP contribution in [0.3, 0.4) is 0 Å². The third-order valence-electron chi connectivity index (χ3n) is 4.92. The second-order valence-corrected chi connectivity index (χ2v) is 8.81. The monoisotopic (exact) mass is 417 g/mol. The molecule has 4 rings (SSSR count). The molecule has 1 heterocycles. The van der Waals surface area contributed by atoms with Crippen LogP contribution in [0.5, 0.6) is 0 Å². The molecule has 0 aliphatic rings. The van der Waals surface area contributed by atoms with E-state index in [1.54, 1.807) is 10.9 Å². The van der Waals surface area contributed by atoms with Crippen molar-refractivity contribution in [2.75, 3.05) is 6.54 Å². The van der Waals surface area contributed by atoms with Gasteiger partial charge in [0.25, 0.3) is 0 Å². The third-order valence-corrected chi connectivity index (χ3v) is 6.84. The second-order valence-electron chi connectivity index (χ2n) is 6.90. The highest BCUT2D eigenvalue weighted by Crippen LogP contribution is 2.30. The van der Waals surface area contributed by atoms with Crippen LogP contribution in [0.2, 0.25) is 0 Å². The fraction of sp³-hybridized carbons (Fsp3) is 0.125. The van der Waals surface area contributed by atoms with Gasteiger partial charge in [0.05, 0.1) is 11.9 Å². The summed E-state index contributed by atoms with van der Waals surface area (Å²) >= 11 is 0. The summed E-state index contributed by atoms with van der Waals surface area (Å²) in [5.41, 5.74) is 2.97. The van der Waals surface area contributed by atoms with Gasteiger partial charge < -0.3 is 0 Å². The van der Waals surface area contributed by atoms with Crippen LogP contribution in [0.25, 0.3) is 16.9 Å². The lowest BCUT2D eigenvalue weighted by Gasteiger charge is -2.20. The van der Waals surface area contributed by atoms with Gasteiger partial charge in [-0.2, -0.15) is 9.40 Å². The molecule has 3 aromatic carbocycles. The van der Waals surface area contributed by atoms with Crippen LogP contribution in [0.1, 0.15) is 12.5 Å². The normalized spacial score (nSPS) is 11.7. The Labute approximate surface area is 177 Å². The molecule has 0 spiro atoms. The number of sulfonamides is 1. The van der Waals surface area contributed by atoms with Crippen LogP contribution in [-0.4, -0.2) is 29.0 Å². The number of hydrogen-bond donors (Lipinski definition) is 0. The van der Waals surface area contributed by atoms with E-state index in [2.05, 4.69) is 5.10 Å². The van der Waals surface area contributed by atoms with Gasteiger partial charge in [0.1, 0.15) is 10.6 Å². The highest BCUT2D eigenvalue weighted by Gasteiger charge is 2.29. The van der Waals surface area contributed by atoms with E-state index < -0.39 is 10.0 Å². The molecule has 0 aliphatic heterocycles. The van der Waals surface area contributed by atoms with Gasteiger partial charge in [-0.1, -0.05) is 85.8 Å². The highest BCUT2D eigenvalue weighted by molar-refractivity contribution is 7.89. The van der Waals surface area contributed by atoms with Crippen LogP contribution in [0.4, 0.5) is 0 Å². The summed E-state index contributed by atoms with van der Waals surface area (Å²) in [6.07, 6.45) is 1.61. The van der Waals surface area contributed by atoms with Gasteiger partial charge in [0.2, 0.25) is 10.0 Å². The Morgan fingerprint density at radius 3 is 2.00 bits per heavy atom. The molecule has 0 amide bonds. The standard InChI is InChI=1S/C24H23N3O2S/c1-2-26(18-20-12-6-3-7-13-20)30(28,29)23-19-27(22-16-10-5-11-17-22)25-24(23)21-14-8-4-9-15-21/h3-17,19H,2,18H2,1H3. The van der Waals surface area contributed by atoms with Crippen molar-refractivity contribution in [2.24, 2.45) is 0 Å². The van der Waals surface area contributed by atoms with E-state index in [4.69, 9.17) is 0 Å². The zero-order valence-corrected chi connectivity index (χ0v) is 17.5. The minimum Gasteiger partial charge on any atom is -0.239 e. The molecule has 4 aromatic rings. The SMILES string of the molecule is CCN(Cc1ccccc1)S(=O)(=O)c1cn(-c2ccccc2)nc1-c1ccccc1. The first-order valence-electron chi connectivity index (χ1n) is 9.84. The van der Waals surface area contributed by atoms with Gasteiger partial charge in [-0.05, 0) is 17.7 Å². The van der Waals surface area contributed by atoms with Gasteiger partial charge >= 0.3 is 0 Å². The predicted molar refractivity (Wildman–Crippen MR) is 119 cm³/mol. The van der Waals surface area contributed by atoms with Crippen LogP contribution in [-0.2, 0) is 16.6 Å². The molecule has 0 bridgehead atoms. The molecule has 152 valence electrons. The number of hydrogen-bond acceptors (Lipinski definition) is 3. The number of benzene rings is 3. The van der Waals surface area contributed by atoms with Gasteiger partial charge in [-0.15, -0.1) is 0 Å². The quantitative estimate of drug-likeness (QED) is 0.436. The maximum atomic E-state index is 13.7. The lowest BCUT2D eigenvalue weighted by Crippen LogP contribution is -2.30. The molecule has 5 nitrogen and oxygen atoms in total. The molecule has 0 saturated heterocycles. The lowest BCUT2D eigenvalue weighted by atomic mass is 10.2. The maximum absolute atomic E-state index is 13.7. The Morgan fingerprint density at radius 2 is 1.40 bits per heavy atom. The van der Waals surface area contributed by atoms with Crippen molar-refractivity contribution in [3.05, 3.63) is 103 Å². The van der Waals surface area contributed by atoms with Crippen LogP contribution >= 0.6 is 0 Å². The molecule has 0 atom stereocenters. The Balaban J connectivity index is 1.82. The summed E-state index contributed by atoms with van der Waals surface area (Å²) in [4.78, 5) is 0.204. The molecule has 6 heteroatoms. The molecule has 0 radical (unpaired) electrons. The molecule has 0 saturated carbocycles. The molecule has 0 N–H and O–H groups in total. The van der Waals surface area contributed by atoms with Crippen molar-refractivity contribution in [3.63, 3.8) is 0 Å². The predicted octanol–water partition coefficient (Wildman–Crippen LogP) is 4.75. The van der Waals surface area contributed by atoms with Crippen molar-refractivity contribution in [1.29, 1.82) is 0 Å². The van der Waals surface area contributed by atoms with Crippen LogP contribution < -0.4 is 0 Å². The molecule has 0 aliphatic carbocycles. The number of para-hydroxylation sites is 1. The molecule has 0 fully saturated rings. The zero-order valence-electron chi connectivity index (χ0n) is 16.7. The first kappa shape index (κ1) is 20.1. The summed E-state index contributed by atoms with van der Waals surface area (Å²) in [5.74, 6) is 0. The first-order valence-corrected chi connectivity index (χ1v) is 11.3. The van der Waals surface area contributed by atoms with Gasteiger partial charge in [-0.3, -0.25) is 0 Å².